The second-order valence-corrected chi connectivity index (χ2v) is 4.78. The Labute approximate surface area is 117 Å². The molecule has 0 aromatic heterocycles. The molecule has 0 aliphatic carbocycles. The van der Waals surface area contributed by atoms with Gasteiger partial charge in [-0.3, -0.25) is 4.90 Å². The summed E-state index contributed by atoms with van der Waals surface area (Å²) >= 11 is 0. The molecule has 2 N–H and O–H groups in total. The van der Waals surface area contributed by atoms with E-state index in [4.69, 9.17) is 9.84 Å². The summed E-state index contributed by atoms with van der Waals surface area (Å²) in [6.07, 6.45) is 0.675. The van der Waals surface area contributed by atoms with Crippen molar-refractivity contribution in [2.45, 2.75) is 19.4 Å². The SMILES string of the molecule is COC(C)CNC(=O)N1CCc2ccc(C(=O)O)cc21. The average Bonchev–Trinajstić information content (AvgIpc) is 2.87. The third-order valence-corrected chi connectivity index (χ3v) is 3.42. The fraction of sp³-hybridized carbons (Fsp3) is 0.429. The van der Waals surface area contributed by atoms with Crippen molar-refractivity contribution in [2.75, 3.05) is 25.1 Å². The smallest absolute Gasteiger partial charge is 0.335 e. The highest BCUT2D eigenvalue weighted by molar-refractivity contribution is 5.96. The molecular formula is C14H18N2O4. The molecule has 1 aliphatic rings. The number of urea groups is 1. The molecule has 1 heterocycles. The zero-order chi connectivity index (χ0) is 14.7. The molecule has 2 amide bonds. The zero-order valence-corrected chi connectivity index (χ0v) is 11.5. The van der Waals surface area contributed by atoms with Gasteiger partial charge in [0.05, 0.1) is 11.7 Å². The molecule has 6 heteroatoms. The van der Waals surface area contributed by atoms with E-state index in [1.165, 1.54) is 0 Å². The van der Waals surface area contributed by atoms with Crippen LogP contribution in [-0.2, 0) is 11.2 Å². The molecule has 1 atom stereocenters. The number of methoxy groups -OCH3 is 1. The van der Waals surface area contributed by atoms with E-state index >= 15 is 0 Å². The van der Waals surface area contributed by atoms with Gasteiger partial charge in [0.2, 0.25) is 0 Å². The predicted octanol–water partition coefficient (Wildman–Crippen LogP) is 1.49. The summed E-state index contributed by atoms with van der Waals surface area (Å²) in [5.74, 6) is -0.993. The molecule has 1 aromatic carbocycles. The topological polar surface area (TPSA) is 78.9 Å². The highest BCUT2D eigenvalue weighted by atomic mass is 16.5. The standard InChI is InChI=1S/C14H18N2O4/c1-9(20-2)8-15-14(19)16-6-5-10-3-4-11(13(17)18)7-12(10)16/h3-4,7,9H,5-6,8H2,1-2H3,(H,15,19)(H,17,18). The first-order valence-electron chi connectivity index (χ1n) is 6.47. The summed E-state index contributed by atoms with van der Waals surface area (Å²) in [5.41, 5.74) is 1.85. The van der Waals surface area contributed by atoms with Gasteiger partial charge in [0, 0.05) is 25.9 Å². The number of ether oxygens (including phenoxy) is 1. The van der Waals surface area contributed by atoms with Crippen LogP contribution in [0, 0.1) is 0 Å². The van der Waals surface area contributed by atoms with Crippen LogP contribution in [0.4, 0.5) is 10.5 Å². The van der Waals surface area contributed by atoms with Crippen molar-refractivity contribution >= 4 is 17.7 Å². The van der Waals surface area contributed by atoms with E-state index in [1.54, 1.807) is 30.2 Å². The normalized spacial score (nSPS) is 14.8. The van der Waals surface area contributed by atoms with Crippen LogP contribution >= 0.6 is 0 Å². The maximum Gasteiger partial charge on any atom is 0.335 e. The molecule has 1 aromatic rings. The van der Waals surface area contributed by atoms with Gasteiger partial charge in [-0.15, -0.1) is 0 Å². The number of benzene rings is 1. The molecule has 0 saturated heterocycles. The number of hydrogen-bond donors (Lipinski definition) is 2. The number of aromatic carboxylic acids is 1. The number of carbonyl (C=O) groups excluding carboxylic acids is 1. The molecule has 2 rings (SSSR count). The number of rotatable bonds is 4. The van der Waals surface area contributed by atoms with Crippen molar-refractivity contribution in [3.8, 4) is 0 Å². The molecule has 108 valence electrons. The molecule has 0 fully saturated rings. The first-order valence-corrected chi connectivity index (χ1v) is 6.47. The first kappa shape index (κ1) is 14.3. The molecule has 1 unspecified atom stereocenters. The Morgan fingerprint density at radius 3 is 2.90 bits per heavy atom. The lowest BCUT2D eigenvalue weighted by molar-refractivity contribution is 0.0697. The Morgan fingerprint density at radius 1 is 1.50 bits per heavy atom. The van der Waals surface area contributed by atoms with Gasteiger partial charge in [-0.05, 0) is 31.0 Å². The van der Waals surface area contributed by atoms with Crippen LogP contribution in [0.1, 0.15) is 22.8 Å². The first-order chi connectivity index (χ1) is 9.52. The minimum absolute atomic E-state index is 0.0635. The average molecular weight is 278 g/mol. The van der Waals surface area contributed by atoms with E-state index in [0.29, 0.717) is 18.8 Å². The lowest BCUT2D eigenvalue weighted by Crippen LogP contribution is -2.42. The Bertz CT molecular complexity index is 530. The predicted molar refractivity (Wildman–Crippen MR) is 74.3 cm³/mol. The number of nitrogens with zero attached hydrogens (tertiary/aromatic N) is 1. The lowest BCUT2D eigenvalue weighted by Gasteiger charge is -2.19. The van der Waals surface area contributed by atoms with E-state index in [9.17, 15) is 9.59 Å². The molecule has 1 aliphatic heterocycles. The minimum atomic E-state index is -0.993. The fourth-order valence-corrected chi connectivity index (χ4v) is 2.13. The number of hydrogen-bond acceptors (Lipinski definition) is 3. The van der Waals surface area contributed by atoms with Crippen molar-refractivity contribution in [2.24, 2.45) is 0 Å². The quantitative estimate of drug-likeness (QED) is 0.874. The van der Waals surface area contributed by atoms with Gasteiger partial charge in [-0.25, -0.2) is 9.59 Å². The summed E-state index contributed by atoms with van der Waals surface area (Å²) in [6.45, 7) is 2.84. The maximum absolute atomic E-state index is 12.1. The third kappa shape index (κ3) is 2.91. The molecule has 20 heavy (non-hydrogen) atoms. The van der Waals surface area contributed by atoms with Crippen molar-refractivity contribution in [1.29, 1.82) is 0 Å². The van der Waals surface area contributed by atoms with Gasteiger partial charge in [-0.2, -0.15) is 0 Å². The van der Waals surface area contributed by atoms with Crippen LogP contribution in [-0.4, -0.2) is 43.4 Å². The molecular weight excluding hydrogens is 260 g/mol. The Balaban J connectivity index is 2.12. The van der Waals surface area contributed by atoms with E-state index in [-0.39, 0.29) is 17.7 Å². The van der Waals surface area contributed by atoms with Crippen molar-refractivity contribution in [1.82, 2.24) is 5.32 Å². The summed E-state index contributed by atoms with van der Waals surface area (Å²) in [5, 5.41) is 11.8. The number of carbonyl (C=O) groups is 2. The largest absolute Gasteiger partial charge is 0.478 e. The monoisotopic (exact) mass is 278 g/mol. The minimum Gasteiger partial charge on any atom is -0.478 e. The molecule has 0 spiro atoms. The van der Waals surface area contributed by atoms with Crippen LogP contribution in [0.5, 0.6) is 0 Å². The number of fused-ring (bicyclic) bond motifs is 1. The lowest BCUT2D eigenvalue weighted by atomic mass is 10.1. The summed E-state index contributed by atoms with van der Waals surface area (Å²) in [6, 6.07) is 4.65. The van der Waals surface area contributed by atoms with Gasteiger partial charge in [0.1, 0.15) is 0 Å². The number of carboxylic acid groups (broad SMARTS) is 1. The molecule has 0 saturated carbocycles. The van der Waals surface area contributed by atoms with E-state index in [2.05, 4.69) is 5.32 Å². The van der Waals surface area contributed by atoms with E-state index in [0.717, 1.165) is 12.0 Å². The molecule has 6 nitrogen and oxygen atoms in total. The van der Waals surface area contributed by atoms with Crippen molar-refractivity contribution < 1.29 is 19.4 Å². The van der Waals surface area contributed by atoms with Gasteiger partial charge in [0.25, 0.3) is 0 Å². The summed E-state index contributed by atoms with van der Waals surface area (Å²) in [7, 11) is 1.58. The number of amides is 2. The van der Waals surface area contributed by atoms with Crippen molar-refractivity contribution in [3.05, 3.63) is 29.3 Å². The van der Waals surface area contributed by atoms with Gasteiger partial charge in [0.15, 0.2) is 0 Å². The summed E-state index contributed by atoms with van der Waals surface area (Å²) in [4.78, 5) is 24.7. The highest BCUT2D eigenvalue weighted by Crippen LogP contribution is 2.29. The van der Waals surface area contributed by atoms with Crippen LogP contribution in [0.3, 0.4) is 0 Å². The Morgan fingerprint density at radius 2 is 2.25 bits per heavy atom. The van der Waals surface area contributed by atoms with Crippen molar-refractivity contribution in [3.63, 3.8) is 0 Å². The van der Waals surface area contributed by atoms with Crippen LogP contribution in [0.2, 0.25) is 0 Å². The molecule has 0 radical (unpaired) electrons. The van der Waals surface area contributed by atoms with Gasteiger partial charge in [-0.1, -0.05) is 6.07 Å². The maximum atomic E-state index is 12.1. The van der Waals surface area contributed by atoms with E-state index in [1.807, 2.05) is 6.92 Å². The number of carboxylic acids is 1. The molecule has 0 bridgehead atoms. The Hall–Kier alpha value is -2.08. The van der Waals surface area contributed by atoms with Crippen LogP contribution in [0.25, 0.3) is 0 Å². The van der Waals surface area contributed by atoms with Crippen LogP contribution in [0.15, 0.2) is 18.2 Å². The highest BCUT2D eigenvalue weighted by Gasteiger charge is 2.25. The van der Waals surface area contributed by atoms with Gasteiger partial charge < -0.3 is 15.2 Å². The van der Waals surface area contributed by atoms with Crippen LogP contribution < -0.4 is 10.2 Å². The number of nitrogens with one attached hydrogen (secondary N) is 1. The fourth-order valence-electron chi connectivity index (χ4n) is 2.13. The van der Waals surface area contributed by atoms with Gasteiger partial charge >= 0.3 is 12.0 Å². The number of anilines is 1. The summed E-state index contributed by atoms with van der Waals surface area (Å²) < 4.78 is 5.07. The zero-order valence-electron chi connectivity index (χ0n) is 11.5. The Kier molecular flexibility index (Phi) is 4.24. The second-order valence-electron chi connectivity index (χ2n) is 4.78. The third-order valence-electron chi connectivity index (χ3n) is 3.42. The second kappa shape index (κ2) is 5.92. The van der Waals surface area contributed by atoms with E-state index < -0.39 is 5.97 Å².